The molecule has 0 amide bonds. The topological polar surface area (TPSA) is 83.5 Å². The minimum absolute atomic E-state index is 0.284. The van der Waals surface area contributed by atoms with Crippen molar-refractivity contribution in [2.45, 2.75) is 50.5 Å². The number of carbonyl (C=O) groups is 1. The Kier molecular flexibility index (Phi) is 4.51. The average Bonchev–Trinajstić information content (AvgIpc) is 2.69. The van der Waals surface area contributed by atoms with Crippen molar-refractivity contribution in [2.75, 3.05) is 0 Å². The molecule has 0 unspecified atom stereocenters. The number of aliphatic carboxylic acids is 1. The molecule has 1 aliphatic carbocycles. The summed E-state index contributed by atoms with van der Waals surface area (Å²) in [6.45, 7) is 3.56. The maximum absolute atomic E-state index is 12.4. The second-order valence-electron chi connectivity index (χ2n) is 5.32. The number of hydrogen-bond acceptors (Lipinski definition) is 4. The Bertz CT molecular complexity index is 586. The van der Waals surface area contributed by atoms with E-state index < -0.39 is 21.9 Å². The number of nitrogens with one attached hydrogen (secondary N) is 1. The quantitative estimate of drug-likeness (QED) is 0.892. The van der Waals surface area contributed by atoms with Gasteiger partial charge in [0.2, 0.25) is 10.0 Å². The van der Waals surface area contributed by atoms with Gasteiger partial charge in [0.1, 0.15) is 0 Å². The van der Waals surface area contributed by atoms with Crippen LogP contribution in [0, 0.1) is 19.8 Å². The van der Waals surface area contributed by atoms with Crippen molar-refractivity contribution < 1.29 is 18.3 Å². The molecule has 2 rings (SSSR count). The maximum Gasteiger partial charge on any atom is 0.306 e. The number of aryl methyl sites for hydroxylation is 2. The molecule has 0 spiro atoms. The predicted octanol–water partition coefficient (Wildman–Crippen LogP) is 2.29. The van der Waals surface area contributed by atoms with Crippen molar-refractivity contribution in [3.63, 3.8) is 0 Å². The summed E-state index contributed by atoms with van der Waals surface area (Å²) < 4.78 is 27.5. The van der Waals surface area contributed by atoms with Crippen LogP contribution >= 0.6 is 11.3 Å². The Labute approximate surface area is 123 Å². The highest BCUT2D eigenvalue weighted by molar-refractivity contribution is 7.89. The fourth-order valence-electron chi connectivity index (χ4n) is 2.76. The second kappa shape index (κ2) is 5.83. The Balaban J connectivity index is 2.15. The lowest BCUT2D eigenvalue weighted by Crippen LogP contribution is -2.40. The Morgan fingerprint density at radius 3 is 2.65 bits per heavy atom. The van der Waals surface area contributed by atoms with E-state index in [2.05, 4.69) is 4.72 Å². The van der Waals surface area contributed by atoms with Gasteiger partial charge < -0.3 is 5.11 Å². The molecule has 0 radical (unpaired) electrons. The first kappa shape index (κ1) is 15.5. The molecule has 1 saturated carbocycles. The molecular weight excluding hydrogens is 298 g/mol. The summed E-state index contributed by atoms with van der Waals surface area (Å²) in [5.74, 6) is -1.28. The molecule has 0 aliphatic heterocycles. The van der Waals surface area contributed by atoms with E-state index in [1.54, 1.807) is 13.8 Å². The van der Waals surface area contributed by atoms with Gasteiger partial charge in [0.05, 0.1) is 10.8 Å². The van der Waals surface area contributed by atoms with Crippen LogP contribution in [0.15, 0.2) is 10.3 Å². The van der Waals surface area contributed by atoms with Gasteiger partial charge in [-0.05, 0) is 44.1 Å². The molecule has 0 bridgehead atoms. The van der Waals surface area contributed by atoms with E-state index >= 15 is 0 Å². The smallest absolute Gasteiger partial charge is 0.306 e. The third kappa shape index (κ3) is 3.21. The normalized spacial score (nSPS) is 23.7. The van der Waals surface area contributed by atoms with Gasteiger partial charge in [-0.3, -0.25) is 4.79 Å². The fourth-order valence-corrected chi connectivity index (χ4v) is 5.68. The summed E-state index contributed by atoms with van der Waals surface area (Å²) in [7, 11) is -3.56. The number of sulfonamides is 1. The zero-order valence-electron chi connectivity index (χ0n) is 11.5. The number of carboxylic acids is 1. The van der Waals surface area contributed by atoms with E-state index in [0.29, 0.717) is 24.2 Å². The molecule has 112 valence electrons. The van der Waals surface area contributed by atoms with Gasteiger partial charge in [-0.1, -0.05) is 6.42 Å². The van der Waals surface area contributed by atoms with Crippen LogP contribution in [0.4, 0.5) is 0 Å². The summed E-state index contributed by atoms with van der Waals surface area (Å²) in [5.41, 5.74) is 0.741. The lowest BCUT2D eigenvalue weighted by Gasteiger charge is -2.27. The van der Waals surface area contributed by atoms with Crippen molar-refractivity contribution in [1.29, 1.82) is 0 Å². The lowest BCUT2D eigenvalue weighted by molar-refractivity contribution is -0.143. The van der Waals surface area contributed by atoms with Gasteiger partial charge in [0.15, 0.2) is 0 Å². The van der Waals surface area contributed by atoms with Crippen LogP contribution in [-0.4, -0.2) is 25.5 Å². The van der Waals surface area contributed by atoms with Crippen molar-refractivity contribution in [3.8, 4) is 0 Å². The zero-order valence-corrected chi connectivity index (χ0v) is 13.2. The summed E-state index contributed by atoms with van der Waals surface area (Å²) in [6.07, 6.45) is 2.44. The van der Waals surface area contributed by atoms with Crippen LogP contribution in [-0.2, 0) is 14.8 Å². The van der Waals surface area contributed by atoms with Crippen molar-refractivity contribution in [3.05, 3.63) is 15.8 Å². The molecule has 0 saturated heterocycles. The number of thiophene rings is 1. The SMILES string of the molecule is Cc1csc(C)c1S(=O)(=O)N[C@@H]1CCC[C@H](C(=O)O)C1. The van der Waals surface area contributed by atoms with E-state index in [-0.39, 0.29) is 6.04 Å². The van der Waals surface area contributed by atoms with Crippen molar-refractivity contribution in [1.82, 2.24) is 4.72 Å². The summed E-state index contributed by atoms with van der Waals surface area (Å²) >= 11 is 1.41. The van der Waals surface area contributed by atoms with Crippen molar-refractivity contribution >= 4 is 27.3 Å². The highest BCUT2D eigenvalue weighted by Crippen LogP contribution is 2.29. The highest BCUT2D eigenvalue weighted by atomic mass is 32.2. The van der Waals surface area contributed by atoms with Gasteiger partial charge >= 0.3 is 5.97 Å². The van der Waals surface area contributed by atoms with Crippen LogP contribution in [0.5, 0.6) is 0 Å². The minimum Gasteiger partial charge on any atom is -0.481 e. The average molecular weight is 317 g/mol. The van der Waals surface area contributed by atoms with Crippen LogP contribution < -0.4 is 4.72 Å². The Morgan fingerprint density at radius 1 is 1.40 bits per heavy atom. The predicted molar refractivity (Wildman–Crippen MR) is 77.5 cm³/mol. The van der Waals surface area contributed by atoms with Crippen LogP contribution in [0.3, 0.4) is 0 Å². The summed E-state index contributed by atoms with van der Waals surface area (Å²) in [5, 5.41) is 10.9. The molecule has 2 N–H and O–H groups in total. The molecule has 1 heterocycles. The van der Waals surface area contributed by atoms with E-state index in [9.17, 15) is 13.2 Å². The van der Waals surface area contributed by atoms with Crippen LogP contribution in [0.25, 0.3) is 0 Å². The van der Waals surface area contributed by atoms with Crippen molar-refractivity contribution in [2.24, 2.45) is 5.92 Å². The van der Waals surface area contributed by atoms with E-state index in [1.165, 1.54) is 11.3 Å². The monoisotopic (exact) mass is 317 g/mol. The van der Waals surface area contributed by atoms with E-state index in [4.69, 9.17) is 5.11 Å². The largest absolute Gasteiger partial charge is 0.481 e. The lowest BCUT2D eigenvalue weighted by atomic mass is 9.86. The van der Waals surface area contributed by atoms with Gasteiger partial charge in [0.25, 0.3) is 0 Å². The summed E-state index contributed by atoms with van der Waals surface area (Å²) in [6, 6.07) is -0.284. The molecule has 20 heavy (non-hydrogen) atoms. The van der Waals surface area contributed by atoms with Gasteiger partial charge in [-0.15, -0.1) is 11.3 Å². The van der Waals surface area contributed by atoms with Crippen LogP contribution in [0.1, 0.15) is 36.1 Å². The molecule has 1 fully saturated rings. The fraction of sp³-hybridized carbons (Fsp3) is 0.615. The standard InChI is InChI=1S/C13H19NO4S2/c1-8-7-19-9(2)12(8)20(17,18)14-11-5-3-4-10(6-11)13(15)16/h7,10-11,14H,3-6H2,1-2H3,(H,15,16)/t10-,11+/m0/s1. The van der Waals surface area contributed by atoms with Gasteiger partial charge in [-0.25, -0.2) is 13.1 Å². The molecule has 0 aromatic carbocycles. The maximum atomic E-state index is 12.4. The summed E-state index contributed by atoms with van der Waals surface area (Å²) in [4.78, 5) is 12.1. The molecule has 2 atom stereocenters. The first-order valence-electron chi connectivity index (χ1n) is 6.61. The molecule has 1 aliphatic rings. The number of carboxylic acid groups (broad SMARTS) is 1. The van der Waals surface area contributed by atoms with Crippen LogP contribution in [0.2, 0.25) is 0 Å². The molecule has 1 aromatic rings. The molecule has 5 nitrogen and oxygen atoms in total. The third-order valence-electron chi connectivity index (χ3n) is 3.70. The Hall–Kier alpha value is -0.920. The number of rotatable bonds is 4. The Morgan fingerprint density at radius 2 is 2.10 bits per heavy atom. The molecule has 1 aromatic heterocycles. The second-order valence-corrected chi connectivity index (χ2v) is 8.06. The first-order valence-corrected chi connectivity index (χ1v) is 8.97. The zero-order chi connectivity index (χ0) is 14.9. The highest BCUT2D eigenvalue weighted by Gasteiger charge is 2.31. The number of hydrogen-bond donors (Lipinski definition) is 2. The van der Waals surface area contributed by atoms with E-state index in [0.717, 1.165) is 16.9 Å². The van der Waals surface area contributed by atoms with Gasteiger partial charge in [-0.2, -0.15) is 0 Å². The molecule has 7 heteroatoms. The minimum atomic E-state index is -3.56. The molecular formula is C13H19NO4S2. The van der Waals surface area contributed by atoms with E-state index in [1.807, 2.05) is 5.38 Å². The van der Waals surface area contributed by atoms with Gasteiger partial charge in [0, 0.05) is 10.9 Å². The third-order valence-corrected chi connectivity index (χ3v) is 6.67. The first-order chi connectivity index (χ1) is 9.31.